The van der Waals surface area contributed by atoms with E-state index in [2.05, 4.69) is 8.37 Å². The van der Waals surface area contributed by atoms with Gasteiger partial charge in [0.1, 0.15) is 6.17 Å². The van der Waals surface area contributed by atoms with Crippen molar-refractivity contribution in [2.24, 2.45) is 11.8 Å². The van der Waals surface area contributed by atoms with Crippen LogP contribution in [0.3, 0.4) is 0 Å². The van der Waals surface area contributed by atoms with Gasteiger partial charge in [0.15, 0.2) is 0 Å². The van der Waals surface area contributed by atoms with Crippen molar-refractivity contribution in [3.05, 3.63) is 0 Å². The summed E-state index contributed by atoms with van der Waals surface area (Å²) in [5.74, 6) is -2.39. The van der Waals surface area contributed by atoms with Crippen LogP contribution < -0.4 is 0 Å². The molecule has 2 fully saturated rings. The minimum absolute atomic E-state index is 0.222. The first-order chi connectivity index (χ1) is 7.29. The third kappa shape index (κ3) is 2.53. The van der Waals surface area contributed by atoms with Crippen LogP contribution >= 0.6 is 0 Å². The molecule has 0 amide bonds. The van der Waals surface area contributed by atoms with Gasteiger partial charge in [0, 0.05) is 11.8 Å². The third-order valence-corrected chi connectivity index (χ3v) is 5.32. The molecule has 0 saturated carbocycles. The van der Waals surface area contributed by atoms with Crippen molar-refractivity contribution in [3.8, 4) is 0 Å². The Morgan fingerprint density at radius 3 is 1.56 bits per heavy atom. The molecular formula is C7H11FO6S2. The van der Waals surface area contributed by atoms with E-state index in [1.807, 2.05) is 0 Å². The summed E-state index contributed by atoms with van der Waals surface area (Å²) in [6, 6.07) is 0. The smallest absolute Gasteiger partial charge is 0.267 e. The lowest BCUT2D eigenvalue weighted by Crippen LogP contribution is -2.30. The lowest BCUT2D eigenvalue weighted by Gasteiger charge is -2.16. The van der Waals surface area contributed by atoms with Gasteiger partial charge in [-0.3, -0.25) is 8.37 Å². The van der Waals surface area contributed by atoms with Gasteiger partial charge in [-0.05, 0) is 0 Å². The van der Waals surface area contributed by atoms with Gasteiger partial charge in [0.25, 0.3) is 20.2 Å². The summed E-state index contributed by atoms with van der Waals surface area (Å²) in [5.41, 5.74) is 0. The molecule has 0 aromatic heterocycles. The summed E-state index contributed by atoms with van der Waals surface area (Å²) < 4.78 is 66.5. The van der Waals surface area contributed by atoms with Gasteiger partial charge in [0.2, 0.25) is 0 Å². The maximum absolute atomic E-state index is 13.8. The van der Waals surface area contributed by atoms with E-state index in [9.17, 15) is 21.2 Å². The summed E-state index contributed by atoms with van der Waals surface area (Å²) in [4.78, 5) is 0. The Bertz CT molecular complexity index is 425. The van der Waals surface area contributed by atoms with E-state index >= 15 is 0 Å². The average molecular weight is 274 g/mol. The molecule has 0 radical (unpaired) electrons. The Morgan fingerprint density at radius 1 is 0.938 bits per heavy atom. The number of alkyl halides is 1. The molecule has 2 aliphatic heterocycles. The Hall–Kier alpha value is -0.250. The molecule has 16 heavy (non-hydrogen) atoms. The molecule has 2 saturated heterocycles. The monoisotopic (exact) mass is 274 g/mol. The van der Waals surface area contributed by atoms with Crippen LogP contribution in [0.25, 0.3) is 0 Å². The van der Waals surface area contributed by atoms with E-state index in [1.165, 1.54) is 0 Å². The topological polar surface area (TPSA) is 86.7 Å². The molecule has 0 aromatic rings. The van der Waals surface area contributed by atoms with Crippen molar-refractivity contribution in [2.75, 3.05) is 24.7 Å². The lowest BCUT2D eigenvalue weighted by atomic mass is 9.96. The fourth-order valence-corrected chi connectivity index (χ4v) is 4.42. The molecule has 9 heteroatoms. The Morgan fingerprint density at radius 2 is 1.31 bits per heavy atom. The van der Waals surface area contributed by atoms with Crippen molar-refractivity contribution in [1.82, 2.24) is 0 Å². The van der Waals surface area contributed by atoms with Crippen LogP contribution in [0.2, 0.25) is 0 Å². The first kappa shape index (κ1) is 12.2. The highest BCUT2D eigenvalue weighted by Gasteiger charge is 2.43. The number of rotatable bonds is 2. The largest absolute Gasteiger partial charge is 0.270 e. The fourth-order valence-electron chi connectivity index (χ4n) is 1.85. The summed E-state index contributed by atoms with van der Waals surface area (Å²) >= 11 is 0. The fraction of sp³-hybridized carbons (Fsp3) is 1.00. The molecule has 2 atom stereocenters. The van der Waals surface area contributed by atoms with Gasteiger partial charge in [-0.2, -0.15) is 16.8 Å². The Labute approximate surface area is 93.0 Å². The molecule has 0 bridgehead atoms. The van der Waals surface area contributed by atoms with E-state index in [1.54, 1.807) is 0 Å². The molecule has 6 nitrogen and oxygen atoms in total. The van der Waals surface area contributed by atoms with Crippen molar-refractivity contribution in [2.45, 2.75) is 6.17 Å². The predicted octanol–water partition coefficient (Wildman–Crippen LogP) is -0.723. The van der Waals surface area contributed by atoms with Crippen LogP contribution in [-0.4, -0.2) is 47.7 Å². The summed E-state index contributed by atoms with van der Waals surface area (Å²) in [7, 11) is -7.26. The third-order valence-electron chi connectivity index (χ3n) is 2.66. The highest BCUT2D eigenvalue weighted by atomic mass is 32.2. The van der Waals surface area contributed by atoms with Crippen LogP contribution in [0.5, 0.6) is 0 Å². The van der Waals surface area contributed by atoms with Crippen LogP contribution in [0.4, 0.5) is 4.39 Å². The maximum atomic E-state index is 13.8. The van der Waals surface area contributed by atoms with E-state index in [0.717, 1.165) is 0 Å². The molecular weight excluding hydrogens is 263 g/mol. The number of hydrogen-bond acceptors (Lipinski definition) is 6. The molecule has 0 spiro atoms. The molecule has 0 N–H and O–H groups in total. The average Bonchev–Trinajstić information content (AvgIpc) is 2.68. The van der Waals surface area contributed by atoms with Crippen LogP contribution in [0.1, 0.15) is 0 Å². The molecule has 2 unspecified atom stereocenters. The molecule has 0 aromatic carbocycles. The zero-order chi connectivity index (χ0) is 12.0. The van der Waals surface area contributed by atoms with Gasteiger partial charge in [0.05, 0.1) is 24.7 Å². The second-order valence-electron chi connectivity index (χ2n) is 3.98. The maximum Gasteiger partial charge on any atom is 0.267 e. The number of halogens is 1. The van der Waals surface area contributed by atoms with Gasteiger partial charge in [-0.25, -0.2) is 4.39 Å². The van der Waals surface area contributed by atoms with E-state index in [4.69, 9.17) is 0 Å². The van der Waals surface area contributed by atoms with Crippen LogP contribution in [0.15, 0.2) is 0 Å². The first-order valence-corrected chi connectivity index (χ1v) is 7.83. The van der Waals surface area contributed by atoms with Gasteiger partial charge in [-0.15, -0.1) is 0 Å². The highest BCUT2D eigenvalue weighted by Crippen LogP contribution is 2.29. The van der Waals surface area contributed by atoms with E-state index in [-0.39, 0.29) is 13.2 Å². The van der Waals surface area contributed by atoms with Crippen molar-refractivity contribution < 1.29 is 29.6 Å². The molecule has 2 rings (SSSR count). The van der Waals surface area contributed by atoms with Gasteiger partial charge < -0.3 is 0 Å². The Balaban J connectivity index is 2.02. The zero-order valence-corrected chi connectivity index (χ0v) is 9.84. The second-order valence-corrected chi connectivity index (χ2v) is 7.35. The van der Waals surface area contributed by atoms with E-state index < -0.39 is 49.7 Å². The lowest BCUT2D eigenvalue weighted by molar-refractivity contribution is 0.131. The number of hydrogen-bond donors (Lipinski definition) is 0. The Kier molecular flexibility index (Phi) is 2.97. The van der Waals surface area contributed by atoms with Crippen molar-refractivity contribution >= 4 is 20.2 Å². The summed E-state index contributed by atoms with van der Waals surface area (Å²) in [5, 5.41) is 0. The SMILES string of the molecule is O=S1(=O)CC(C(F)C2COS(=O)(=O)C2)CO1. The minimum Gasteiger partial charge on any atom is -0.270 e. The molecule has 94 valence electrons. The quantitative estimate of drug-likeness (QED) is 0.617. The van der Waals surface area contributed by atoms with E-state index in [0.29, 0.717) is 0 Å². The molecule has 0 aliphatic carbocycles. The van der Waals surface area contributed by atoms with Crippen molar-refractivity contribution in [1.29, 1.82) is 0 Å². The standard InChI is InChI=1S/C7H11FO6S2/c8-7(5-1-13-15(9,10)3-5)6-2-14-16(11,12)4-6/h5-7H,1-4H2. The van der Waals surface area contributed by atoms with Crippen LogP contribution in [0, 0.1) is 11.8 Å². The van der Waals surface area contributed by atoms with Crippen molar-refractivity contribution in [3.63, 3.8) is 0 Å². The molecule has 2 aliphatic rings. The molecule has 2 heterocycles. The van der Waals surface area contributed by atoms with Gasteiger partial charge in [-0.1, -0.05) is 0 Å². The predicted molar refractivity (Wildman–Crippen MR) is 51.4 cm³/mol. The highest BCUT2D eigenvalue weighted by molar-refractivity contribution is 7.87. The minimum atomic E-state index is -3.63. The van der Waals surface area contributed by atoms with Crippen LogP contribution in [-0.2, 0) is 28.6 Å². The van der Waals surface area contributed by atoms with Gasteiger partial charge >= 0.3 is 0 Å². The normalized spacial score (nSPS) is 38.6. The summed E-state index contributed by atoms with van der Waals surface area (Å²) in [6.07, 6.45) is -1.53. The summed E-state index contributed by atoms with van der Waals surface area (Å²) in [6.45, 7) is -0.444. The second kappa shape index (κ2) is 3.90. The zero-order valence-electron chi connectivity index (χ0n) is 8.20. The first-order valence-electron chi connectivity index (χ1n) is 4.67.